The average molecular weight is 340 g/mol. The summed E-state index contributed by atoms with van der Waals surface area (Å²) in [5, 5.41) is 4.55. The van der Waals surface area contributed by atoms with E-state index in [1.807, 2.05) is 25.1 Å². The van der Waals surface area contributed by atoms with Crippen molar-refractivity contribution in [3.8, 4) is 0 Å². The number of hydrogen-bond acceptors (Lipinski definition) is 2. The summed E-state index contributed by atoms with van der Waals surface area (Å²) in [5.41, 5.74) is 3.93. The molecule has 0 aliphatic heterocycles. The molecular formula is C20H18ClNO2. The first-order valence-electron chi connectivity index (χ1n) is 8.21. The van der Waals surface area contributed by atoms with Gasteiger partial charge in [-0.15, -0.1) is 0 Å². The predicted octanol–water partition coefficient (Wildman–Crippen LogP) is 5.20. The summed E-state index contributed by atoms with van der Waals surface area (Å²) in [7, 11) is 0. The van der Waals surface area contributed by atoms with E-state index in [4.69, 9.17) is 16.0 Å². The van der Waals surface area contributed by atoms with E-state index in [-0.39, 0.29) is 11.9 Å². The molecule has 1 heterocycles. The number of benzene rings is 2. The number of para-hydroxylation sites is 1. The van der Waals surface area contributed by atoms with Gasteiger partial charge in [-0.25, -0.2) is 0 Å². The molecule has 1 atom stereocenters. The van der Waals surface area contributed by atoms with Crippen LogP contribution < -0.4 is 5.32 Å². The minimum atomic E-state index is -0.179. The molecule has 0 saturated carbocycles. The molecule has 1 aromatic heterocycles. The SMILES string of the molecule is Cc1c(C(=O)N[C@@H]2CCCc3ccccc32)oc2c(Cl)cccc12. The van der Waals surface area contributed by atoms with Gasteiger partial charge >= 0.3 is 0 Å². The number of carbonyl (C=O) groups excluding carboxylic acids is 1. The van der Waals surface area contributed by atoms with Crippen LogP contribution in [0.4, 0.5) is 0 Å². The molecule has 0 fully saturated rings. The Kier molecular flexibility index (Phi) is 3.81. The molecule has 0 bridgehead atoms. The zero-order chi connectivity index (χ0) is 16.7. The fraction of sp³-hybridized carbons (Fsp3) is 0.250. The highest BCUT2D eigenvalue weighted by Gasteiger charge is 2.25. The van der Waals surface area contributed by atoms with E-state index in [1.165, 1.54) is 11.1 Å². The van der Waals surface area contributed by atoms with Crippen molar-refractivity contribution in [2.45, 2.75) is 32.2 Å². The molecule has 122 valence electrons. The molecule has 1 amide bonds. The van der Waals surface area contributed by atoms with Crippen LogP contribution in [0.25, 0.3) is 11.0 Å². The Morgan fingerprint density at radius 2 is 2.04 bits per heavy atom. The van der Waals surface area contributed by atoms with Gasteiger partial charge in [-0.2, -0.15) is 0 Å². The van der Waals surface area contributed by atoms with Crippen molar-refractivity contribution >= 4 is 28.5 Å². The largest absolute Gasteiger partial charge is 0.449 e. The van der Waals surface area contributed by atoms with Gasteiger partial charge in [0.1, 0.15) is 0 Å². The van der Waals surface area contributed by atoms with Crippen molar-refractivity contribution in [2.24, 2.45) is 0 Å². The van der Waals surface area contributed by atoms with E-state index in [1.54, 1.807) is 6.07 Å². The Balaban J connectivity index is 1.66. The van der Waals surface area contributed by atoms with Crippen LogP contribution >= 0.6 is 11.6 Å². The van der Waals surface area contributed by atoms with E-state index >= 15 is 0 Å². The van der Waals surface area contributed by atoms with Gasteiger partial charge in [0.05, 0.1) is 11.1 Å². The third-order valence-corrected chi connectivity index (χ3v) is 5.09. The number of rotatable bonds is 2. The highest BCUT2D eigenvalue weighted by atomic mass is 35.5. The molecule has 0 radical (unpaired) electrons. The van der Waals surface area contributed by atoms with Gasteiger partial charge in [0.2, 0.25) is 0 Å². The summed E-state index contributed by atoms with van der Waals surface area (Å²) in [4.78, 5) is 12.8. The fourth-order valence-corrected chi connectivity index (χ4v) is 3.77. The third kappa shape index (κ3) is 2.49. The van der Waals surface area contributed by atoms with Crippen molar-refractivity contribution in [1.82, 2.24) is 5.32 Å². The lowest BCUT2D eigenvalue weighted by molar-refractivity contribution is 0.0906. The van der Waals surface area contributed by atoms with Crippen LogP contribution in [0.3, 0.4) is 0 Å². The molecule has 0 spiro atoms. The second-order valence-electron chi connectivity index (χ2n) is 6.29. The quantitative estimate of drug-likeness (QED) is 0.697. The number of halogens is 1. The Morgan fingerprint density at radius 1 is 1.21 bits per heavy atom. The molecule has 1 aliphatic rings. The molecule has 3 aromatic rings. The summed E-state index contributed by atoms with van der Waals surface area (Å²) in [5.74, 6) is 0.169. The van der Waals surface area contributed by atoms with E-state index in [2.05, 4.69) is 23.5 Å². The Morgan fingerprint density at radius 3 is 2.88 bits per heavy atom. The first-order chi connectivity index (χ1) is 11.6. The van der Waals surface area contributed by atoms with Gasteiger partial charge in [-0.3, -0.25) is 4.79 Å². The van der Waals surface area contributed by atoms with Crippen molar-refractivity contribution in [3.05, 3.63) is 69.9 Å². The van der Waals surface area contributed by atoms with Crippen LogP contribution in [-0.4, -0.2) is 5.91 Å². The molecule has 4 heteroatoms. The van der Waals surface area contributed by atoms with E-state index in [0.717, 1.165) is 30.2 Å². The summed E-state index contributed by atoms with van der Waals surface area (Å²) < 4.78 is 5.78. The smallest absolute Gasteiger partial charge is 0.287 e. The number of furan rings is 1. The van der Waals surface area contributed by atoms with Crippen molar-refractivity contribution in [3.63, 3.8) is 0 Å². The monoisotopic (exact) mass is 339 g/mol. The highest BCUT2D eigenvalue weighted by Crippen LogP contribution is 2.33. The summed E-state index contributed by atoms with van der Waals surface area (Å²) in [6.45, 7) is 1.89. The maximum absolute atomic E-state index is 12.8. The van der Waals surface area contributed by atoms with Crippen LogP contribution in [0.1, 0.15) is 46.1 Å². The average Bonchev–Trinajstić information content (AvgIpc) is 2.94. The van der Waals surface area contributed by atoms with E-state index < -0.39 is 0 Å². The molecule has 3 nitrogen and oxygen atoms in total. The number of carbonyl (C=O) groups is 1. The molecule has 2 aromatic carbocycles. The molecule has 0 saturated heterocycles. The first kappa shape index (κ1) is 15.3. The fourth-order valence-electron chi connectivity index (χ4n) is 3.55. The molecule has 1 aliphatic carbocycles. The lowest BCUT2D eigenvalue weighted by atomic mass is 9.87. The molecular weight excluding hydrogens is 322 g/mol. The highest BCUT2D eigenvalue weighted by molar-refractivity contribution is 6.35. The van der Waals surface area contributed by atoms with Gasteiger partial charge < -0.3 is 9.73 Å². The molecule has 1 N–H and O–H groups in total. The van der Waals surface area contributed by atoms with Crippen LogP contribution in [0.2, 0.25) is 5.02 Å². The Labute approximate surface area is 145 Å². The van der Waals surface area contributed by atoms with Crippen LogP contribution in [-0.2, 0) is 6.42 Å². The number of nitrogens with one attached hydrogen (secondary N) is 1. The Hall–Kier alpha value is -2.26. The van der Waals surface area contributed by atoms with Crippen molar-refractivity contribution in [2.75, 3.05) is 0 Å². The second kappa shape index (κ2) is 5.99. The number of amides is 1. The normalized spacial score (nSPS) is 16.8. The number of aryl methyl sites for hydroxylation is 2. The maximum Gasteiger partial charge on any atom is 0.287 e. The van der Waals surface area contributed by atoms with Gasteiger partial charge in [-0.05, 0) is 43.4 Å². The lowest BCUT2D eigenvalue weighted by Crippen LogP contribution is -2.31. The van der Waals surface area contributed by atoms with Crippen LogP contribution in [0.15, 0.2) is 46.9 Å². The first-order valence-corrected chi connectivity index (χ1v) is 8.59. The lowest BCUT2D eigenvalue weighted by Gasteiger charge is -2.26. The van der Waals surface area contributed by atoms with Crippen LogP contribution in [0, 0.1) is 6.92 Å². The summed E-state index contributed by atoms with van der Waals surface area (Å²) in [6, 6.07) is 13.9. The zero-order valence-corrected chi connectivity index (χ0v) is 14.2. The topological polar surface area (TPSA) is 42.2 Å². The van der Waals surface area contributed by atoms with E-state index in [9.17, 15) is 4.79 Å². The summed E-state index contributed by atoms with van der Waals surface area (Å²) >= 11 is 6.18. The second-order valence-corrected chi connectivity index (χ2v) is 6.70. The minimum Gasteiger partial charge on any atom is -0.449 e. The standard InChI is InChI=1S/C20H18ClNO2/c1-12-14-9-5-10-16(21)19(14)24-18(12)20(23)22-17-11-4-7-13-6-2-3-8-15(13)17/h2-3,5-6,8-10,17H,4,7,11H2,1H3,(H,22,23)/t17-/m1/s1. The number of hydrogen-bond donors (Lipinski definition) is 1. The minimum absolute atomic E-state index is 0.0329. The zero-order valence-electron chi connectivity index (χ0n) is 13.4. The maximum atomic E-state index is 12.8. The number of fused-ring (bicyclic) bond motifs is 2. The van der Waals surface area contributed by atoms with Crippen LogP contribution in [0.5, 0.6) is 0 Å². The van der Waals surface area contributed by atoms with Gasteiger partial charge in [0.25, 0.3) is 5.91 Å². The summed E-state index contributed by atoms with van der Waals surface area (Å²) in [6.07, 6.45) is 3.09. The van der Waals surface area contributed by atoms with Gasteiger partial charge in [0.15, 0.2) is 11.3 Å². The molecule has 4 rings (SSSR count). The molecule has 0 unspecified atom stereocenters. The van der Waals surface area contributed by atoms with Gasteiger partial charge in [0, 0.05) is 10.9 Å². The molecule has 24 heavy (non-hydrogen) atoms. The predicted molar refractivity (Wildman–Crippen MR) is 95.5 cm³/mol. The van der Waals surface area contributed by atoms with Crippen molar-refractivity contribution in [1.29, 1.82) is 0 Å². The Bertz CT molecular complexity index is 929. The van der Waals surface area contributed by atoms with Gasteiger partial charge in [-0.1, -0.05) is 48.0 Å². The van der Waals surface area contributed by atoms with Crippen molar-refractivity contribution < 1.29 is 9.21 Å². The van der Waals surface area contributed by atoms with E-state index in [0.29, 0.717) is 16.4 Å². The third-order valence-electron chi connectivity index (χ3n) is 4.80.